The summed E-state index contributed by atoms with van der Waals surface area (Å²) in [6, 6.07) is 0. The number of thiophene rings is 1. The lowest BCUT2D eigenvalue weighted by Gasteiger charge is -2.22. The Kier molecular flexibility index (Phi) is 6.30. The monoisotopic (exact) mass is 428 g/mol. The maximum atomic E-state index is 5.19. The van der Waals surface area contributed by atoms with Gasteiger partial charge in [0.1, 0.15) is 4.83 Å². The number of nitrogens with zero attached hydrogens (tertiary/aromatic N) is 4. The molecule has 0 bridgehead atoms. The molecule has 0 aromatic carbocycles. The van der Waals surface area contributed by atoms with Crippen molar-refractivity contribution in [3.8, 4) is 0 Å². The van der Waals surface area contributed by atoms with Gasteiger partial charge in [-0.05, 0) is 62.3 Å². The number of fused-ring (bicyclic) bond motifs is 5. The molecule has 1 aliphatic carbocycles. The number of aromatic nitrogens is 3. The van der Waals surface area contributed by atoms with Gasteiger partial charge in [-0.2, -0.15) is 0 Å². The Labute approximate surface area is 182 Å². The van der Waals surface area contributed by atoms with Crippen LogP contribution in [-0.2, 0) is 19.3 Å². The van der Waals surface area contributed by atoms with Gasteiger partial charge >= 0.3 is 0 Å². The van der Waals surface area contributed by atoms with Gasteiger partial charge in [0, 0.05) is 24.2 Å². The molecule has 0 unspecified atom stereocenters. The molecule has 3 aromatic heterocycles. The van der Waals surface area contributed by atoms with Crippen molar-refractivity contribution in [1.29, 1.82) is 0 Å². The Morgan fingerprint density at radius 2 is 1.90 bits per heavy atom. The zero-order chi connectivity index (χ0) is 20.5. The van der Waals surface area contributed by atoms with E-state index in [0.717, 1.165) is 47.3 Å². The van der Waals surface area contributed by atoms with Gasteiger partial charge in [-0.25, -0.2) is 15.0 Å². The molecule has 4 nitrogen and oxygen atoms in total. The van der Waals surface area contributed by atoms with Gasteiger partial charge in [-0.3, -0.25) is 0 Å². The molecule has 0 saturated carbocycles. The zero-order valence-corrected chi connectivity index (χ0v) is 20.0. The fourth-order valence-electron chi connectivity index (χ4n) is 4.43. The molecule has 0 radical (unpaired) electrons. The van der Waals surface area contributed by atoms with Crippen LogP contribution in [-0.4, -0.2) is 34.3 Å². The average molecular weight is 429 g/mol. The number of anilines is 1. The summed E-state index contributed by atoms with van der Waals surface area (Å²) >= 11 is 3.45. The summed E-state index contributed by atoms with van der Waals surface area (Å²) in [4.78, 5) is 18.8. The maximum Gasteiger partial charge on any atom is 0.189 e. The van der Waals surface area contributed by atoms with Gasteiger partial charge in [0.25, 0.3) is 0 Å². The lowest BCUT2D eigenvalue weighted by atomic mass is 9.99. The molecule has 156 valence electrons. The first kappa shape index (κ1) is 20.9. The fraction of sp³-hybridized carbons (Fsp3) is 0.609. The summed E-state index contributed by atoms with van der Waals surface area (Å²) in [7, 11) is 0. The maximum absolute atomic E-state index is 5.19. The Morgan fingerprint density at radius 3 is 2.59 bits per heavy atom. The standard InChI is InChI=1S/C23H32N4S2/c1-6-8-12-27(7-2)21-20-19(25-23(26-21)28-5)18-16-11-9-10-15(16)17(13-14(3)4)24-22(18)29-20/h14H,6-13H2,1-5H3. The van der Waals surface area contributed by atoms with Crippen molar-refractivity contribution in [2.75, 3.05) is 24.2 Å². The highest BCUT2D eigenvalue weighted by Crippen LogP contribution is 2.43. The second-order valence-electron chi connectivity index (χ2n) is 8.39. The third kappa shape index (κ3) is 3.86. The third-order valence-corrected chi connectivity index (χ3v) is 7.44. The van der Waals surface area contributed by atoms with Crippen LogP contribution in [0.3, 0.4) is 0 Å². The smallest absolute Gasteiger partial charge is 0.189 e. The summed E-state index contributed by atoms with van der Waals surface area (Å²) in [5.74, 6) is 1.73. The van der Waals surface area contributed by atoms with E-state index in [1.807, 2.05) is 0 Å². The van der Waals surface area contributed by atoms with Gasteiger partial charge in [0.2, 0.25) is 0 Å². The SMILES string of the molecule is CCCCN(CC)c1nc(SC)nc2c1sc1nc(CC(C)C)c3c(c12)CCC3. The van der Waals surface area contributed by atoms with E-state index in [1.165, 1.54) is 52.6 Å². The van der Waals surface area contributed by atoms with E-state index in [9.17, 15) is 0 Å². The molecule has 4 rings (SSSR count). The van der Waals surface area contributed by atoms with Gasteiger partial charge in [0.15, 0.2) is 11.0 Å². The van der Waals surface area contributed by atoms with E-state index < -0.39 is 0 Å². The van der Waals surface area contributed by atoms with Crippen LogP contribution < -0.4 is 4.90 Å². The van der Waals surface area contributed by atoms with Crippen molar-refractivity contribution in [3.63, 3.8) is 0 Å². The van der Waals surface area contributed by atoms with Crippen LogP contribution in [0.2, 0.25) is 0 Å². The quantitative estimate of drug-likeness (QED) is 0.312. The number of pyridine rings is 1. The van der Waals surface area contributed by atoms with Crippen molar-refractivity contribution >= 4 is 49.3 Å². The number of rotatable bonds is 8. The Balaban J connectivity index is 1.98. The van der Waals surface area contributed by atoms with E-state index in [1.54, 1.807) is 23.1 Å². The lowest BCUT2D eigenvalue weighted by molar-refractivity contribution is 0.632. The molecule has 0 saturated heterocycles. The van der Waals surface area contributed by atoms with Gasteiger partial charge < -0.3 is 4.90 Å². The van der Waals surface area contributed by atoms with E-state index in [2.05, 4.69) is 38.9 Å². The van der Waals surface area contributed by atoms with Crippen molar-refractivity contribution in [1.82, 2.24) is 15.0 Å². The minimum atomic E-state index is 0.627. The molecular formula is C23H32N4S2. The molecule has 0 N–H and O–H groups in total. The molecule has 3 heterocycles. The molecule has 0 aliphatic heterocycles. The highest BCUT2D eigenvalue weighted by Gasteiger charge is 2.26. The van der Waals surface area contributed by atoms with Gasteiger partial charge in [0.05, 0.1) is 10.2 Å². The molecule has 0 fully saturated rings. The number of hydrogen-bond acceptors (Lipinski definition) is 6. The van der Waals surface area contributed by atoms with E-state index in [0.29, 0.717) is 5.92 Å². The van der Waals surface area contributed by atoms with E-state index in [-0.39, 0.29) is 0 Å². The van der Waals surface area contributed by atoms with Crippen LogP contribution in [0, 0.1) is 5.92 Å². The Morgan fingerprint density at radius 1 is 1.10 bits per heavy atom. The second-order valence-corrected chi connectivity index (χ2v) is 10.2. The Bertz CT molecular complexity index is 1030. The minimum Gasteiger partial charge on any atom is -0.356 e. The topological polar surface area (TPSA) is 41.9 Å². The molecule has 0 amide bonds. The molecule has 29 heavy (non-hydrogen) atoms. The molecule has 0 spiro atoms. The highest BCUT2D eigenvalue weighted by atomic mass is 32.2. The molecule has 3 aromatic rings. The lowest BCUT2D eigenvalue weighted by Crippen LogP contribution is -2.25. The average Bonchev–Trinajstić information content (AvgIpc) is 3.32. The number of aryl methyl sites for hydroxylation is 1. The molecule has 6 heteroatoms. The van der Waals surface area contributed by atoms with Crippen LogP contribution in [0.25, 0.3) is 20.4 Å². The minimum absolute atomic E-state index is 0.627. The van der Waals surface area contributed by atoms with Crippen LogP contribution in [0.15, 0.2) is 5.16 Å². The third-order valence-electron chi connectivity index (χ3n) is 5.83. The van der Waals surface area contributed by atoms with Crippen LogP contribution in [0.4, 0.5) is 5.82 Å². The Hall–Kier alpha value is -1.40. The van der Waals surface area contributed by atoms with E-state index >= 15 is 0 Å². The summed E-state index contributed by atoms with van der Waals surface area (Å²) < 4.78 is 1.22. The van der Waals surface area contributed by atoms with Crippen LogP contribution in [0.5, 0.6) is 0 Å². The first-order chi connectivity index (χ1) is 14.1. The largest absolute Gasteiger partial charge is 0.356 e. The fourth-order valence-corrected chi connectivity index (χ4v) is 5.98. The number of thioether (sulfide) groups is 1. The van der Waals surface area contributed by atoms with Crippen molar-refractivity contribution in [2.24, 2.45) is 5.92 Å². The van der Waals surface area contributed by atoms with Gasteiger partial charge in [-0.15, -0.1) is 11.3 Å². The van der Waals surface area contributed by atoms with Crippen molar-refractivity contribution in [3.05, 3.63) is 16.8 Å². The molecule has 1 aliphatic rings. The first-order valence-electron chi connectivity index (χ1n) is 11.0. The van der Waals surface area contributed by atoms with E-state index in [4.69, 9.17) is 15.0 Å². The predicted octanol–water partition coefficient (Wildman–Crippen LogP) is 6.28. The first-order valence-corrected chi connectivity index (χ1v) is 13.0. The second kappa shape index (κ2) is 8.76. The van der Waals surface area contributed by atoms with Crippen molar-refractivity contribution in [2.45, 2.75) is 71.4 Å². The number of unbranched alkanes of at least 4 members (excludes halogenated alkanes) is 1. The van der Waals surface area contributed by atoms with Crippen LogP contribution >= 0.6 is 23.1 Å². The molecule has 0 atom stereocenters. The summed E-state index contributed by atoms with van der Waals surface area (Å²) in [5, 5.41) is 2.19. The summed E-state index contributed by atoms with van der Waals surface area (Å²) in [6.07, 6.45) is 9.09. The summed E-state index contributed by atoms with van der Waals surface area (Å²) in [5.41, 5.74) is 5.49. The van der Waals surface area contributed by atoms with Crippen molar-refractivity contribution < 1.29 is 0 Å². The van der Waals surface area contributed by atoms with Gasteiger partial charge in [-0.1, -0.05) is 39.0 Å². The van der Waals surface area contributed by atoms with Crippen LogP contribution in [0.1, 0.15) is 63.8 Å². The summed E-state index contributed by atoms with van der Waals surface area (Å²) in [6.45, 7) is 11.1. The predicted molar refractivity (Wildman–Crippen MR) is 128 cm³/mol. The highest BCUT2D eigenvalue weighted by molar-refractivity contribution is 7.98. The zero-order valence-electron chi connectivity index (χ0n) is 18.3. The normalized spacial score (nSPS) is 13.7. The number of hydrogen-bond donors (Lipinski definition) is 0. The molecular weight excluding hydrogens is 396 g/mol.